The highest BCUT2D eigenvalue weighted by Crippen LogP contribution is 2.29. The van der Waals surface area contributed by atoms with Gasteiger partial charge in [-0.05, 0) is 66.1 Å². The van der Waals surface area contributed by atoms with Gasteiger partial charge in [0, 0.05) is 22.9 Å². The molecule has 1 aromatic heterocycles. The van der Waals surface area contributed by atoms with Crippen molar-refractivity contribution in [3.05, 3.63) is 102 Å². The largest absolute Gasteiger partial charge is 0.445 e. The highest BCUT2D eigenvalue weighted by molar-refractivity contribution is 6.02. The molecule has 4 nitrogen and oxygen atoms in total. The molecule has 31 heavy (non-hydrogen) atoms. The van der Waals surface area contributed by atoms with Crippen molar-refractivity contribution < 1.29 is 18.0 Å². The van der Waals surface area contributed by atoms with E-state index in [1.54, 1.807) is 18.3 Å². The summed E-state index contributed by atoms with van der Waals surface area (Å²) in [5.41, 5.74) is 4.25. The van der Waals surface area contributed by atoms with E-state index in [0.29, 0.717) is 11.6 Å². The molecule has 1 N–H and O–H groups in total. The zero-order valence-electron chi connectivity index (χ0n) is 16.6. The van der Waals surface area contributed by atoms with Crippen molar-refractivity contribution in [3.8, 4) is 22.6 Å². The molecule has 3 aromatic carbocycles. The number of aryl methyl sites for hydroxylation is 1. The lowest BCUT2D eigenvalue weighted by Gasteiger charge is -2.09. The zero-order valence-corrected chi connectivity index (χ0v) is 16.6. The third-order valence-electron chi connectivity index (χ3n) is 4.78. The molecule has 0 saturated heterocycles. The first kappa shape index (κ1) is 20.2. The number of benzene rings is 3. The summed E-state index contributed by atoms with van der Waals surface area (Å²) in [4.78, 5) is 16.3. The highest BCUT2D eigenvalue weighted by atomic mass is 19.1. The first-order valence-electron chi connectivity index (χ1n) is 9.55. The van der Waals surface area contributed by atoms with Gasteiger partial charge >= 0.3 is 0 Å². The number of amides is 1. The van der Waals surface area contributed by atoms with Crippen LogP contribution in [0.5, 0.6) is 0 Å². The van der Waals surface area contributed by atoms with Crippen molar-refractivity contribution in [1.29, 1.82) is 0 Å². The monoisotopic (exact) mass is 416 g/mol. The number of nitrogens with one attached hydrogen (secondary N) is 1. The number of carbonyl (C=O) groups is 1. The first-order chi connectivity index (χ1) is 15.0. The number of anilines is 1. The Labute approximate surface area is 177 Å². The average Bonchev–Trinajstić information content (AvgIpc) is 3.29. The van der Waals surface area contributed by atoms with Crippen LogP contribution in [0.1, 0.15) is 11.1 Å². The lowest BCUT2D eigenvalue weighted by molar-refractivity contribution is -0.111. The Bertz CT molecular complexity index is 1230. The smallest absolute Gasteiger partial charge is 0.248 e. The molecule has 0 spiro atoms. The van der Waals surface area contributed by atoms with Crippen molar-refractivity contribution in [2.45, 2.75) is 6.92 Å². The van der Waals surface area contributed by atoms with E-state index < -0.39 is 17.5 Å². The molecule has 4 rings (SSSR count). The van der Waals surface area contributed by atoms with E-state index in [1.165, 1.54) is 12.3 Å². The van der Waals surface area contributed by atoms with E-state index in [9.17, 15) is 13.6 Å². The second kappa shape index (κ2) is 8.75. The molecule has 6 heteroatoms. The van der Waals surface area contributed by atoms with Crippen LogP contribution >= 0.6 is 0 Å². The van der Waals surface area contributed by atoms with Crippen molar-refractivity contribution in [3.63, 3.8) is 0 Å². The van der Waals surface area contributed by atoms with Gasteiger partial charge in [0.1, 0.15) is 17.9 Å². The van der Waals surface area contributed by atoms with Crippen molar-refractivity contribution in [2.75, 3.05) is 5.32 Å². The fraction of sp³-hybridized carbons (Fsp3) is 0.0400. The van der Waals surface area contributed by atoms with Gasteiger partial charge in [0.15, 0.2) is 0 Å². The predicted octanol–water partition coefficient (Wildman–Crippen LogP) is 6.25. The number of carbonyl (C=O) groups excluding carboxylic acids is 1. The lowest BCUT2D eigenvalue weighted by atomic mass is 9.98. The van der Waals surface area contributed by atoms with Crippen LogP contribution in [-0.4, -0.2) is 10.9 Å². The Balaban J connectivity index is 1.49. The number of hydrogen-bond donors (Lipinski definition) is 1. The molecule has 154 valence electrons. The maximum absolute atomic E-state index is 13.7. The van der Waals surface area contributed by atoms with Crippen LogP contribution < -0.4 is 5.32 Å². The summed E-state index contributed by atoms with van der Waals surface area (Å²) in [5.74, 6) is -1.40. The molecular formula is C25H18F2N2O2. The van der Waals surface area contributed by atoms with Crippen molar-refractivity contribution in [1.82, 2.24) is 4.98 Å². The van der Waals surface area contributed by atoms with E-state index in [0.717, 1.165) is 46.5 Å². The third-order valence-corrected chi connectivity index (χ3v) is 4.78. The Morgan fingerprint density at radius 2 is 1.71 bits per heavy atom. The number of hydrogen-bond acceptors (Lipinski definition) is 3. The predicted molar refractivity (Wildman–Crippen MR) is 116 cm³/mol. The van der Waals surface area contributed by atoms with Crippen LogP contribution in [0.25, 0.3) is 28.7 Å². The second-order valence-electron chi connectivity index (χ2n) is 6.90. The maximum atomic E-state index is 13.7. The summed E-state index contributed by atoms with van der Waals surface area (Å²) >= 11 is 0. The van der Waals surface area contributed by atoms with E-state index in [1.807, 2.05) is 37.3 Å². The maximum Gasteiger partial charge on any atom is 0.248 e. The molecule has 0 aliphatic rings. The van der Waals surface area contributed by atoms with Crippen molar-refractivity contribution in [2.24, 2.45) is 0 Å². The molecule has 0 fully saturated rings. The van der Waals surface area contributed by atoms with Crippen LogP contribution in [0.4, 0.5) is 14.5 Å². The van der Waals surface area contributed by atoms with Gasteiger partial charge in [-0.1, -0.05) is 24.3 Å². The van der Waals surface area contributed by atoms with Crippen LogP contribution in [0.3, 0.4) is 0 Å². The number of halogens is 2. The first-order valence-corrected chi connectivity index (χ1v) is 9.55. The minimum Gasteiger partial charge on any atom is -0.445 e. The Kier molecular flexibility index (Phi) is 5.71. The molecule has 0 aliphatic heterocycles. The van der Waals surface area contributed by atoms with Gasteiger partial charge in [0.2, 0.25) is 11.8 Å². The van der Waals surface area contributed by atoms with Gasteiger partial charge in [-0.3, -0.25) is 4.79 Å². The van der Waals surface area contributed by atoms with E-state index >= 15 is 0 Å². The summed E-state index contributed by atoms with van der Waals surface area (Å²) in [6, 6.07) is 16.8. The minimum atomic E-state index is -0.726. The number of nitrogens with zero attached hydrogens (tertiary/aromatic N) is 1. The Morgan fingerprint density at radius 3 is 2.39 bits per heavy atom. The van der Waals surface area contributed by atoms with Crippen molar-refractivity contribution >= 4 is 17.7 Å². The summed E-state index contributed by atoms with van der Waals surface area (Å²) < 4.78 is 32.7. The SMILES string of the molecule is Cc1ccc(-c2ncco2)cc1-c1ccc(NC(=O)/C=C/c2c(F)cccc2F)cc1. The number of oxazole rings is 1. The Hall–Kier alpha value is -4.06. The van der Waals surface area contributed by atoms with Crippen LogP contribution in [-0.2, 0) is 4.79 Å². The van der Waals surface area contributed by atoms with Gasteiger partial charge < -0.3 is 9.73 Å². The highest BCUT2D eigenvalue weighted by Gasteiger charge is 2.09. The zero-order chi connectivity index (χ0) is 21.8. The minimum absolute atomic E-state index is 0.255. The molecular weight excluding hydrogens is 398 g/mol. The molecule has 1 heterocycles. The molecule has 0 unspecified atom stereocenters. The van der Waals surface area contributed by atoms with Crippen LogP contribution in [0.2, 0.25) is 0 Å². The summed E-state index contributed by atoms with van der Waals surface area (Å²) in [7, 11) is 0. The van der Waals surface area contributed by atoms with Gasteiger partial charge in [-0.15, -0.1) is 0 Å². The topological polar surface area (TPSA) is 55.1 Å². The normalized spacial score (nSPS) is 11.1. The molecule has 0 aliphatic carbocycles. The molecule has 0 bridgehead atoms. The fourth-order valence-corrected chi connectivity index (χ4v) is 3.18. The van der Waals surface area contributed by atoms with Gasteiger partial charge in [-0.2, -0.15) is 0 Å². The molecule has 1 amide bonds. The second-order valence-corrected chi connectivity index (χ2v) is 6.90. The average molecular weight is 416 g/mol. The van der Waals surface area contributed by atoms with E-state index in [4.69, 9.17) is 4.42 Å². The third kappa shape index (κ3) is 4.59. The molecule has 0 radical (unpaired) electrons. The lowest BCUT2D eigenvalue weighted by Crippen LogP contribution is -2.07. The molecule has 0 saturated carbocycles. The van der Waals surface area contributed by atoms with E-state index in [-0.39, 0.29) is 5.56 Å². The number of rotatable bonds is 5. The van der Waals surface area contributed by atoms with Crippen LogP contribution in [0, 0.1) is 18.6 Å². The van der Waals surface area contributed by atoms with Gasteiger partial charge in [-0.25, -0.2) is 13.8 Å². The summed E-state index contributed by atoms with van der Waals surface area (Å²) in [6.07, 6.45) is 5.34. The number of aromatic nitrogens is 1. The summed E-state index contributed by atoms with van der Waals surface area (Å²) in [5, 5.41) is 2.68. The van der Waals surface area contributed by atoms with Gasteiger partial charge in [0.25, 0.3) is 0 Å². The van der Waals surface area contributed by atoms with E-state index in [2.05, 4.69) is 10.3 Å². The Morgan fingerprint density at radius 1 is 1.00 bits per heavy atom. The van der Waals surface area contributed by atoms with Gasteiger partial charge in [0.05, 0.1) is 6.20 Å². The van der Waals surface area contributed by atoms with Crippen LogP contribution in [0.15, 0.2) is 83.6 Å². The molecule has 4 aromatic rings. The standard InChI is InChI=1S/C25H18F2N2O2/c1-16-5-6-18(25-28-13-14-31-25)15-21(16)17-7-9-19(10-8-17)29-24(30)12-11-20-22(26)3-2-4-23(20)27/h2-15H,1H3,(H,29,30)/b12-11+. The fourth-order valence-electron chi connectivity index (χ4n) is 3.18. The summed E-state index contributed by atoms with van der Waals surface area (Å²) in [6.45, 7) is 2.01. The quantitative estimate of drug-likeness (QED) is 0.392. The molecule has 0 atom stereocenters.